The average molecular weight is 342 g/mol. The fraction of sp³-hybridized carbons (Fsp3) is 0.263. The summed E-state index contributed by atoms with van der Waals surface area (Å²) in [7, 11) is 3.15. The second-order valence-corrected chi connectivity index (χ2v) is 5.06. The molecule has 0 saturated heterocycles. The molecule has 0 aromatic heterocycles. The van der Waals surface area contributed by atoms with Gasteiger partial charge in [0.25, 0.3) is 0 Å². The van der Waals surface area contributed by atoms with Crippen molar-refractivity contribution in [2.45, 2.75) is 13.8 Å². The van der Waals surface area contributed by atoms with Crippen molar-refractivity contribution in [1.29, 1.82) is 0 Å². The van der Waals surface area contributed by atoms with Gasteiger partial charge < -0.3 is 14.2 Å². The topological polar surface area (TPSA) is 60.4 Å². The van der Waals surface area contributed by atoms with Crippen LogP contribution in [-0.4, -0.2) is 32.5 Å². The number of hydrogen-bond donors (Lipinski definition) is 0. The standard InChI is InChI=1S/C19H22N2O4/c1-5-25-19(22)14(2)20-21(15-10-7-6-8-11-15)18-16(23-3)12-9-13-17(18)24-4/h6-13H,5H2,1-4H3/b20-14+. The number of hydrazone groups is 1. The quantitative estimate of drug-likeness (QED) is 0.435. The summed E-state index contributed by atoms with van der Waals surface area (Å²) in [6, 6.07) is 14.9. The Morgan fingerprint density at radius 2 is 1.60 bits per heavy atom. The van der Waals surface area contributed by atoms with Crippen LogP contribution in [0.2, 0.25) is 0 Å². The van der Waals surface area contributed by atoms with Crippen LogP contribution in [0.25, 0.3) is 0 Å². The molecule has 2 rings (SSSR count). The average Bonchev–Trinajstić information content (AvgIpc) is 2.66. The lowest BCUT2D eigenvalue weighted by Gasteiger charge is -2.24. The lowest BCUT2D eigenvalue weighted by Crippen LogP contribution is -2.20. The number of rotatable bonds is 7. The number of anilines is 2. The third-order valence-electron chi connectivity index (χ3n) is 3.44. The van der Waals surface area contributed by atoms with Crippen LogP contribution < -0.4 is 14.5 Å². The van der Waals surface area contributed by atoms with Crippen molar-refractivity contribution in [1.82, 2.24) is 0 Å². The Balaban J connectivity index is 2.62. The van der Waals surface area contributed by atoms with E-state index in [-0.39, 0.29) is 12.3 Å². The summed E-state index contributed by atoms with van der Waals surface area (Å²) in [5, 5.41) is 6.08. The molecule has 0 aliphatic heterocycles. The van der Waals surface area contributed by atoms with E-state index in [4.69, 9.17) is 14.2 Å². The molecule has 0 atom stereocenters. The third-order valence-corrected chi connectivity index (χ3v) is 3.44. The molecule has 0 amide bonds. The molecular formula is C19H22N2O4. The zero-order valence-corrected chi connectivity index (χ0v) is 14.9. The van der Waals surface area contributed by atoms with Crippen molar-refractivity contribution in [2.75, 3.05) is 25.8 Å². The number of esters is 1. The number of benzene rings is 2. The first kappa shape index (κ1) is 18.3. The number of methoxy groups -OCH3 is 2. The van der Waals surface area contributed by atoms with Crippen molar-refractivity contribution in [3.05, 3.63) is 48.5 Å². The fourth-order valence-corrected chi connectivity index (χ4v) is 2.27. The first-order valence-corrected chi connectivity index (χ1v) is 7.90. The second-order valence-electron chi connectivity index (χ2n) is 5.06. The van der Waals surface area contributed by atoms with Crippen LogP contribution in [0.4, 0.5) is 11.4 Å². The molecule has 0 spiro atoms. The zero-order chi connectivity index (χ0) is 18.2. The van der Waals surface area contributed by atoms with Crippen molar-refractivity contribution in [3.8, 4) is 11.5 Å². The second kappa shape index (κ2) is 8.73. The minimum absolute atomic E-state index is 0.221. The largest absolute Gasteiger partial charge is 0.494 e. The van der Waals surface area contributed by atoms with Gasteiger partial charge in [0.15, 0.2) is 0 Å². The highest BCUT2D eigenvalue weighted by Gasteiger charge is 2.20. The van der Waals surface area contributed by atoms with Crippen LogP contribution in [0, 0.1) is 0 Å². The fourth-order valence-electron chi connectivity index (χ4n) is 2.27. The maximum absolute atomic E-state index is 12.0. The maximum Gasteiger partial charge on any atom is 0.354 e. The molecule has 0 aliphatic rings. The van der Waals surface area contributed by atoms with E-state index >= 15 is 0 Å². The summed E-state index contributed by atoms with van der Waals surface area (Å²) in [6.07, 6.45) is 0. The van der Waals surface area contributed by atoms with E-state index in [2.05, 4.69) is 5.10 Å². The van der Waals surface area contributed by atoms with Crippen LogP contribution >= 0.6 is 0 Å². The summed E-state index contributed by atoms with van der Waals surface area (Å²) in [5.41, 5.74) is 1.58. The molecule has 0 heterocycles. The van der Waals surface area contributed by atoms with Gasteiger partial charge in [0.1, 0.15) is 22.9 Å². The van der Waals surface area contributed by atoms with Gasteiger partial charge in [0.05, 0.1) is 26.5 Å². The minimum atomic E-state index is -0.475. The monoisotopic (exact) mass is 342 g/mol. The number of carbonyl (C=O) groups is 1. The van der Waals surface area contributed by atoms with Gasteiger partial charge in [-0.15, -0.1) is 0 Å². The summed E-state index contributed by atoms with van der Waals surface area (Å²) in [5.74, 6) is 0.671. The highest BCUT2D eigenvalue weighted by atomic mass is 16.5. The Labute approximate surface area is 147 Å². The molecule has 2 aromatic carbocycles. The molecule has 132 valence electrons. The molecule has 6 nitrogen and oxygen atoms in total. The molecule has 0 saturated carbocycles. The van der Waals surface area contributed by atoms with Gasteiger partial charge in [0.2, 0.25) is 0 Å². The van der Waals surface area contributed by atoms with E-state index in [0.717, 1.165) is 5.69 Å². The summed E-state index contributed by atoms with van der Waals surface area (Å²) in [4.78, 5) is 12.0. The highest BCUT2D eigenvalue weighted by Crippen LogP contribution is 2.41. The van der Waals surface area contributed by atoms with Crippen LogP contribution in [0.1, 0.15) is 13.8 Å². The normalized spacial score (nSPS) is 11.0. The van der Waals surface area contributed by atoms with Crippen molar-refractivity contribution < 1.29 is 19.0 Å². The SMILES string of the molecule is CCOC(=O)/C(C)=N/N(c1ccccc1)c1c(OC)cccc1OC. The molecule has 6 heteroatoms. The highest BCUT2D eigenvalue weighted by molar-refractivity contribution is 6.35. The lowest BCUT2D eigenvalue weighted by molar-refractivity contribution is -0.135. The molecule has 0 fully saturated rings. The van der Waals surface area contributed by atoms with E-state index in [1.165, 1.54) is 0 Å². The first-order valence-electron chi connectivity index (χ1n) is 7.90. The number of nitrogens with zero attached hydrogens (tertiary/aromatic N) is 2. The van der Waals surface area contributed by atoms with Gasteiger partial charge >= 0.3 is 5.97 Å². The van der Waals surface area contributed by atoms with Gasteiger partial charge in [-0.3, -0.25) is 0 Å². The predicted octanol–water partition coefficient (Wildman–Crippen LogP) is 3.78. The number of ether oxygens (including phenoxy) is 3. The van der Waals surface area contributed by atoms with E-state index < -0.39 is 5.97 Å². The Kier molecular flexibility index (Phi) is 6.39. The Morgan fingerprint density at radius 3 is 2.12 bits per heavy atom. The van der Waals surface area contributed by atoms with Crippen LogP contribution in [0.5, 0.6) is 11.5 Å². The third kappa shape index (κ3) is 4.29. The maximum atomic E-state index is 12.0. The zero-order valence-electron chi connectivity index (χ0n) is 14.9. The molecule has 0 aliphatic carbocycles. The number of hydrogen-bond acceptors (Lipinski definition) is 6. The van der Waals surface area contributed by atoms with Crippen molar-refractivity contribution >= 4 is 23.1 Å². The number of para-hydroxylation sites is 2. The van der Waals surface area contributed by atoms with Gasteiger partial charge in [0, 0.05) is 0 Å². The van der Waals surface area contributed by atoms with Crippen LogP contribution in [0.3, 0.4) is 0 Å². The minimum Gasteiger partial charge on any atom is -0.494 e. The Hall–Kier alpha value is -3.02. The number of carbonyl (C=O) groups excluding carboxylic acids is 1. The smallest absolute Gasteiger partial charge is 0.354 e. The van der Waals surface area contributed by atoms with E-state index in [1.54, 1.807) is 33.1 Å². The molecular weight excluding hydrogens is 320 g/mol. The molecule has 0 N–H and O–H groups in total. The van der Waals surface area contributed by atoms with Gasteiger partial charge in [-0.2, -0.15) is 5.10 Å². The molecule has 25 heavy (non-hydrogen) atoms. The van der Waals surface area contributed by atoms with Crippen molar-refractivity contribution in [3.63, 3.8) is 0 Å². The lowest BCUT2D eigenvalue weighted by atomic mass is 10.2. The van der Waals surface area contributed by atoms with Gasteiger partial charge in [-0.25, -0.2) is 9.80 Å². The van der Waals surface area contributed by atoms with Crippen molar-refractivity contribution in [2.24, 2.45) is 5.10 Å². The summed E-state index contributed by atoms with van der Waals surface area (Å²) >= 11 is 0. The molecule has 0 bridgehead atoms. The summed E-state index contributed by atoms with van der Waals surface area (Å²) in [6.45, 7) is 3.65. The molecule has 2 aromatic rings. The molecule has 0 radical (unpaired) electrons. The van der Waals surface area contributed by atoms with Crippen LogP contribution in [-0.2, 0) is 9.53 Å². The summed E-state index contributed by atoms with van der Waals surface area (Å²) < 4.78 is 16.0. The van der Waals surface area contributed by atoms with E-state index in [9.17, 15) is 4.79 Å². The first-order chi connectivity index (χ1) is 12.1. The predicted molar refractivity (Wildman–Crippen MR) is 97.9 cm³/mol. The Morgan fingerprint density at radius 1 is 1.00 bits per heavy atom. The Bertz CT molecular complexity index is 722. The van der Waals surface area contributed by atoms with Gasteiger partial charge in [-0.1, -0.05) is 24.3 Å². The van der Waals surface area contributed by atoms with E-state index in [1.807, 2.05) is 48.5 Å². The van der Waals surface area contributed by atoms with E-state index in [0.29, 0.717) is 17.2 Å². The van der Waals surface area contributed by atoms with Crippen LogP contribution in [0.15, 0.2) is 53.6 Å². The van der Waals surface area contributed by atoms with Gasteiger partial charge in [-0.05, 0) is 38.1 Å². The molecule has 0 unspecified atom stereocenters.